The summed E-state index contributed by atoms with van der Waals surface area (Å²) >= 11 is 1.53. The van der Waals surface area contributed by atoms with Crippen LogP contribution < -0.4 is 5.32 Å². The fourth-order valence-corrected chi connectivity index (χ4v) is 2.71. The smallest absolute Gasteiger partial charge is 0.182 e. The first kappa shape index (κ1) is 13.7. The number of aromatic amines is 1. The number of hydrogen-bond donors (Lipinski definition) is 2. The van der Waals surface area contributed by atoms with E-state index in [0.29, 0.717) is 6.07 Å². The first-order chi connectivity index (χ1) is 10.1. The molecular formula is C14H10F3N3S. The summed E-state index contributed by atoms with van der Waals surface area (Å²) in [7, 11) is 0. The lowest BCUT2D eigenvalue weighted by atomic mass is 10.2. The van der Waals surface area contributed by atoms with Gasteiger partial charge in [0.25, 0.3) is 0 Å². The number of aromatic nitrogens is 2. The number of nitrogens with zero attached hydrogens (tertiary/aromatic N) is 1. The van der Waals surface area contributed by atoms with Crippen molar-refractivity contribution in [3.8, 4) is 10.6 Å². The van der Waals surface area contributed by atoms with E-state index in [-0.39, 0.29) is 12.2 Å². The zero-order valence-corrected chi connectivity index (χ0v) is 11.5. The Bertz CT molecular complexity index is 753. The van der Waals surface area contributed by atoms with Crippen molar-refractivity contribution in [2.75, 3.05) is 5.32 Å². The molecule has 0 aliphatic rings. The van der Waals surface area contributed by atoms with Crippen molar-refractivity contribution in [2.24, 2.45) is 0 Å². The Morgan fingerprint density at radius 1 is 1.24 bits per heavy atom. The van der Waals surface area contributed by atoms with Crippen LogP contribution in [0.5, 0.6) is 0 Å². The predicted octanol–water partition coefficient (Wildman–Crippen LogP) is 4.17. The zero-order chi connectivity index (χ0) is 14.8. The van der Waals surface area contributed by atoms with E-state index in [4.69, 9.17) is 0 Å². The lowest BCUT2D eigenvalue weighted by Crippen LogP contribution is -2.04. The summed E-state index contributed by atoms with van der Waals surface area (Å²) in [6.07, 6.45) is 1.59. The van der Waals surface area contributed by atoms with Crippen molar-refractivity contribution < 1.29 is 13.2 Å². The van der Waals surface area contributed by atoms with Crippen molar-refractivity contribution in [1.82, 2.24) is 10.2 Å². The van der Waals surface area contributed by atoms with Gasteiger partial charge in [-0.05, 0) is 11.4 Å². The molecule has 0 spiro atoms. The van der Waals surface area contributed by atoms with Gasteiger partial charge in [0.05, 0.1) is 22.5 Å². The molecule has 0 fully saturated rings. The monoisotopic (exact) mass is 309 g/mol. The quantitative estimate of drug-likeness (QED) is 0.710. The minimum Gasteiger partial charge on any atom is -0.378 e. The first-order valence-electron chi connectivity index (χ1n) is 6.09. The number of H-pyrrole nitrogens is 1. The third-order valence-corrected chi connectivity index (χ3v) is 3.84. The van der Waals surface area contributed by atoms with Crippen LogP contribution in [0, 0.1) is 17.5 Å². The van der Waals surface area contributed by atoms with E-state index in [1.165, 1.54) is 11.3 Å². The highest BCUT2D eigenvalue weighted by molar-refractivity contribution is 7.13. The van der Waals surface area contributed by atoms with E-state index in [1.807, 2.05) is 17.5 Å². The molecule has 0 saturated heterocycles. The Balaban J connectivity index is 1.82. The molecule has 0 saturated carbocycles. The molecule has 1 aromatic carbocycles. The van der Waals surface area contributed by atoms with Crippen LogP contribution in [0.15, 0.2) is 35.8 Å². The molecule has 0 bridgehead atoms. The Morgan fingerprint density at radius 3 is 2.86 bits per heavy atom. The molecule has 0 aliphatic heterocycles. The molecule has 0 atom stereocenters. The van der Waals surface area contributed by atoms with Crippen LogP contribution in [0.25, 0.3) is 10.6 Å². The predicted molar refractivity (Wildman–Crippen MR) is 75.5 cm³/mol. The number of halogens is 3. The third-order valence-electron chi connectivity index (χ3n) is 2.95. The van der Waals surface area contributed by atoms with Gasteiger partial charge in [-0.2, -0.15) is 5.10 Å². The van der Waals surface area contributed by atoms with Gasteiger partial charge in [-0.3, -0.25) is 5.10 Å². The lowest BCUT2D eigenvalue weighted by molar-refractivity contribution is 0.497. The second kappa shape index (κ2) is 5.61. The van der Waals surface area contributed by atoms with Gasteiger partial charge in [0, 0.05) is 24.2 Å². The van der Waals surface area contributed by atoms with Gasteiger partial charge in [0.15, 0.2) is 11.6 Å². The summed E-state index contributed by atoms with van der Waals surface area (Å²) in [5, 5.41) is 11.4. The highest BCUT2D eigenvalue weighted by Gasteiger charge is 2.13. The molecule has 0 aliphatic carbocycles. The molecule has 2 heterocycles. The average Bonchev–Trinajstić information content (AvgIpc) is 3.11. The summed E-state index contributed by atoms with van der Waals surface area (Å²) in [6, 6.07) is 5.25. The van der Waals surface area contributed by atoms with E-state index in [0.717, 1.165) is 22.2 Å². The SMILES string of the molecule is Fc1cc(F)c(F)c(NCc2cn[nH]c2-c2cccs2)c1. The molecule has 0 amide bonds. The highest BCUT2D eigenvalue weighted by Crippen LogP contribution is 2.27. The van der Waals surface area contributed by atoms with Gasteiger partial charge in [-0.15, -0.1) is 11.3 Å². The van der Waals surface area contributed by atoms with Gasteiger partial charge in [-0.1, -0.05) is 6.07 Å². The van der Waals surface area contributed by atoms with E-state index in [2.05, 4.69) is 15.5 Å². The van der Waals surface area contributed by atoms with Crippen molar-refractivity contribution in [3.63, 3.8) is 0 Å². The fourth-order valence-electron chi connectivity index (χ4n) is 1.95. The molecule has 3 nitrogen and oxygen atoms in total. The van der Waals surface area contributed by atoms with Crippen molar-refractivity contribution in [1.29, 1.82) is 0 Å². The van der Waals surface area contributed by atoms with Gasteiger partial charge in [0.1, 0.15) is 5.82 Å². The summed E-state index contributed by atoms with van der Waals surface area (Å²) in [4.78, 5) is 0.982. The maximum absolute atomic E-state index is 13.6. The molecule has 3 aromatic rings. The summed E-state index contributed by atoms with van der Waals surface area (Å²) < 4.78 is 39.8. The Hall–Kier alpha value is -2.28. The lowest BCUT2D eigenvalue weighted by Gasteiger charge is -2.08. The van der Waals surface area contributed by atoms with Crippen LogP contribution in [0.1, 0.15) is 5.56 Å². The minimum absolute atomic E-state index is 0.198. The largest absolute Gasteiger partial charge is 0.378 e. The minimum atomic E-state index is -1.22. The third kappa shape index (κ3) is 2.78. The summed E-state index contributed by atoms with van der Waals surface area (Å²) in [6.45, 7) is 0.198. The van der Waals surface area contributed by atoms with Gasteiger partial charge in [0.2, 0.25) is 0 Å². The number of thiophene rings is 1. The Morgan fingerprint density at radius 2 is 2.10 bits per heavy atom. The van der Waals surface area contributed by atoms with Crippen LogP contribution in [0.4, 0.5) is 18.9 Å². The second-order valence-electron chi connectivity index (χ2n) is 4.35. The van der Waals surface area contributed by atoms with Crippen LogP contribution in [0.3, 0.4) is 0 Å². The van der Waals surface area contributed by atoms with E-state index < -0.39 is 17.5 Å². The number of anilines is 1. The van der Waals surface area contributed by atoms with Crippen LogP contribution in [-0.4, -0.2) is 10.2 Å². The molecule has 3 rings (SSSR count). The van der Waals surface area contributed by atoms with Crippen LogP contribution in [-0.2, 0) is 6.54 Å². The number of benzene rings is 1. The number of nitrogens with one attached hydrogen (secondary N) is 2. The highest BCUT2D eigenvalue weighted by atomic mass is 32.1. The van der Waals surface area contributed by atoms with Crippen molar-refractivity contribution in [3.05, 3.63) is 58.9 Å². The number of rotatable bonds is 4. The van der Waals surface area contributed by atoms with Gasteiger partial charge >= 0.3 is 0 Å². The maximum Gasteiger partial charge on any atom is 0.182 e. The van der Waals surface area contributed by atoms with E-state index in [9.17, 15) is 13.2 Å². The topological polar surface area (TPSA) is 40.7 Å². The Labute approximate surface area is 122 Å². The number of hydrogen-bond acceptors (Lipinski definition) is 3. The standard InChI is InChI=1S/C14H10F3N3S/c15-9-4-10(16)13(17)11(5-9)18-6-8-7-19-20-14(8)12-2-1-3-21-12/h1-5,7,18H,6H2,(H,19,20). The van der Waals surface area contributed by atoms with Crippen LogP contribution >= 0.6 is 11.3 Å². The molecule has 2 N–H and O–H groups in total. The fraction of sp³-hybridized carbons (Fsp3) is 0.0714. The van der Waals surface area contributed by atoms with Crippen molar-refractivity contribution in [2.45, 2.75) is 6.54 Å². The first-order valence-corrected chi connectivity index (χ1v) is 6.97. The second-order valence-corrected chi connectivity index (χ2v) is 5.30. The summed E-state index contributed by atoms with van der Waals surface area (Å²) in [5.41, 5.74) is 1.36. The molecular weight excluding hydrogens is 299 g/mol. The molecule has 108 valence electrons. The molecule has 0 unspecified atom stereocenters. The summed E-state index contributed by atoms with van der Waals surface area (Å²) in [5.74, 6) is -3.15. The van der Waals surface area contributed by atoms with Gasteiger partial charge < -0.3 is 5.32 Å². The average molecular weight is 309 g/mol. The van der Waals surface area contributed by atoms with Crippen LogP contribution in [0.2, 0.25) is 0 Å². The maximum atomic E-state index is 13.6. The normalized spacial score (nSPS) is 10.8. The van der Waals surface area contributed by atoms with Gasteiger partial charge in [-0.25, -0.2) is 13.2 Å². The Kier molecular flexibility index (Phi) is 3.66. The molecule has 21 heavy (non-hydrogen) atoms. The molecule has 2 aromatic heterocycles. The molecule has 7 heteroatoms. The van der Waals surface area contributed by atoms with E-state index >= 15 is 0 Å². The van der Waals surface area contributed by atoms with Crippen molar-refractivity contribution >= 4 is 17.0 Å². The van der Waals surface area contributed by atoms with E-state index in [1.54, 1.807) is 6.20 Å². The molecule has 0 radical (unpaired) electrons. The zero-order valence-electron chi connectivity index (χ0n) is 10.7.